The van der Waals surface area contributed by atoms with Crippen LogP contribution in [0.4, 0.5) is 28.4 Å². The van der Waals surface area contributed by atoms with Crippen molar-refractivity contribution >= 4 is 28.4 Å². The van der Waals surface area contributed by atoms with Crippen molar-refractivity contribution in [2.75, 3.05) is 40.9 Å². The fraction of sp³-hybridized carbons (Fsp3) is 0.268. The summed E-state index contributed by atoms with van der Waals surface area (Å²) in [5.74, 6) is 0.108. The maximum atomic E-state index is 2.44. The molecule has 5 aromatic rings. The van der Waals surface area contributed by atoms with Gasteiger partial charge in [-0.1, -0.05) is 60.7 Å². The molecule has 44 heavy (non-hydrogen) atoms. The molecule has 0 fully saturated rings. The summed E-state index contributed by atoms with van der Waals surface area (Å²) in [4.78, 5) is 7.22. The first kappa shape index (κ1) is 30.9. The van der Waals surface area contributed by atoms with E-state index in [0.717, 1.165) is 43.2 Å². The Labute approximate surface area is 265 Å². The molecule has 3 nitrogen and oxygen atoms in total. The molecule has 226 valence electrons. The predicted molar refractivity (Wildman–Crippen MR) is 192 cm³/mol. The highest BCUT2D eigenvalue weighted by atomic mass is 15.1. The third-order valence-electron chi connectivity index (χ3n) is 8.92. The minimum atomic E-state index is 0.108. The summed E-state index contributed by atoms with van der Waals surface area (Å²) in [6, 6.07) is 44.6. The zero-order chi connectivity index (χ0) is 31.1. The van der Waals surface area contributed by atoms with Crippen molar-refractivity contribution in [2.24, 2.45) is 0 Å². The Bertz CT molecular complexity index is 1520. The van der Waals surface area contributed by atoms with Crippen LogP contribution < -0.4 is 14.7 Å². The van der Waals surface area contributed by atoms with E-state index in [1.54, 1.807) is 0 Å². The van der Waals surface area contributed by atoms with Crippen molar-refractivity contribution in [1.82, 2.24) is 0 Å². The second-order valence-electron chi connectivity index (χ2n) is 11.5. The zero-order valence-electron chi connectivity index (χ0n) is 27.3. The molecule has 0 radical (unpaired) electrons. The third kappa shape index (κ3) is 6.53. The average Bonchev–Trinajstić information content (AvgIpc) is 3.06. The molecule has 0 saturated carbocycles. The van der Waals surface area contributed by atoms with Crippen LogP contribution in [0.15, 0.2) is 121 Å². The Kier molecular flexibility index (Phi) is 10.1. The topological polar surface area (TPSA) is 9.72 Å². The summed E-state index contributed by atoms with van der Waals surface area (Å²) in [6.07, 6.45) is 0. The Morgan fingerprint density at radius 3 is 1.18 bits per heavy atom. The van der Waals surface area contributed by atoms with Crippen molar-refractivity contribution in [3.8, 4) is 0 Å². The van der Waals surface area contributed by atoms with Crippen LogP contribution in [0.5, 0.6) is 0 Å². The van der Waals surface area contributed by atoms with E-state index in [-0.39, 0.29) is 5.92 Å². The van der Waals surface area contributed by atoms with Gasteiger partial charge in [-0.2, -0.15) is 0 Å². The van der Waals surface area contributed by atoms with E-state index in [9.17, 15) is 0 Å². The number of anilines is 5. The second kappa shape index (κ2) is 14.3. The molecule has 0 saturated heterocycles. The summed E-state index contributed by atoms with van der Waals surface area (Å²) in [5, 5.41) is 0. The molecule has 0 amide bonds. The van der Waals surface area contributed by atoms with E-state index < -0.39 is 0 Å². The highest BCUT2D eigenvalue weighted by Gasteiger charge is 2.23. The molecule has 0 N–H and O–H groups in total. The molecular weight excluding hydrogens is 534 g/mol. The lowest BCUT2D eigenvalue weighted by Gasteiger charge is -2.29. The molecule has 0 aliphatic rings. The predicted octanol–water partition coefficient (Wildman–Crippen LogP) is 10.6. The largest absolute Gasteiger partial charge is 0.372 e. The van der Waals surface area contributed by atoms with Gasteiger partial charge in [0.05, 0.1) is 0 Å². The first-order chi connectivity index (χ1) is 21.5. The Morgan fingerprint density at radius 2 is 0.795 bits per heavy atom. The van der Waals surface area contributed by atoms with Gasteiger partial charge < -0.3 is 14.7 Å². The molecule has 0 aliphatic carbocycles. The molecule has 5 aromatic carbocycles. The van der Waals surface area contributed by atoms with E-state index in [1.807, 2.05) is 0 Å². The van der Waals surface area contributed by atoms with Crippen LogP contribution >= 0.6 is 0 Å². The summed E-state index contributed by atoms with van der Waals surface area (Å²) >= 11 is 0. The molecule has 0 heterocycles. The number of nitrogens with zero attached hydrogens (tertiary/aromatic N) is 3. The summed E-state index contributed by atoms with van der Waals surface area (Å²) in [6.45, 7) is 17.4. The smallest absolute Gasteiger partial charge is 0.0461 e. The van der Waals surface area contributed by atoms with Crippen LogP contribution in [0.2, 0.25) is 0 Å². The van der Waals surface area contributed by atoms with Crippen LogP contribution in [0.25, 0.3) is 0 Å². The lowest BCUT2D eigenvalue weighted by molar-refractivity contribution is 0.855. The molecule has 0 atom stereocenters. The van der Waals surface area contributed by atoms with Gasteiger partial charge in [-0.15, -0.1) is 0 Å². The highest BCUT2D eigenvalue weighted by molar-refractivity contribution is 5.76. The van der Waals surface area contributed by atoms with Gasteiger partial charge in [0.25, 0.3) is 0 Å². The quantitative estimate of drug-likeness (QED) is 0.136. The van der Waals surface area contributed by atoms with Gasteiger partial charge >= 0.3 is 0 Å². The van der Waals surface area contributed by atoms with Gasteiger partial charge in [-0.05, 0) is 130 Å². The van der Waals surface area contributed by atoms with Crippen LogP contribution in [0.1, 0.15) is 61.4 Å². The number of rotatable bonds is 12. The fourth-order valence-electron chi connectivity index (χ4n) is 6.39. The van der Waals surface area contributed by atoms with E-state index in [4.69, 9.17) is 0 Å². The number of para-hydroxylation sites is 2. The van der Waals surface area contributed by atoms with Gasteiger partial charge in [-0.25, -0.2) is 0 Å². The van der Waals surface area contributed by atoms with Crippen LogP contribution in [0.3, 0.4) is 0 Å². The van der Waals surface area contributed by atoms with Gasteiger partial charge in [-0.3, -0.25) is 0 Å². The van der Waals surface area contributed by atoms with Gasteiger partial charge in [0, 0.05) is 60.5 Å². The highest BCUT2D eigenvalue weighted by Crippen LogP contribution is 2.41. The zero-order valence-corrected chi connectivity index (χ0v) is 27.3. The Hall–Kier alpha value is -4.50. The van der Waals surface area contributed by atoms with Crippen molar-refractivity contribution in [1.29, 1.82) is 0 Å². The molecule has 0 aliphatic heterocycles. The molecule has 0 bridgehead atoms. The summed E-state index contributed by atoms with van der Waals surface area (Å²) in [7, 11) is 0. The monoisotopic (exact) mass is 581 g/mol. The summed E-state index contributed by atoms with van der Waals surface area (Å²) in [5.41, 5.74) is 12.7. The van der Waals surface area contributed by atoms with Crippen molar-refractivity contribution in [2.45, 2.75) is 47.5 Å². The minimum Gasteiger partial charge on any atom is -0.372 e. The normalized spacial score (nSPS) is 11.1. The Balaban J connectivity index is 1.67. The maximum absolute atomic E-state index is 2.44. The molecular formula is C41H47N3. The van der Waals surface area contributed by atoms with E-state index in [2.05, 4.69) is 178 Å². The number of aryl methyl sites for hydroxylation is 2. The molecule has 0 unspecified atom stereocenters. The first-order valence-electron chi connectivity index (χ1n) is 16.2. The maximum Gasteiger partial charge on any atom is 0.0461 e. The average molecular weight is 582 g/mol. The van der Waals surface area contributed by atoms with Crippen molar-refractivity contribution in [3.63, 3.8) is 0 Å². The van der Waals surface area contributed by atoms with Gasteiger partial charge in [0.15, 0.2) is 0 Å². The number of hydrogen-bond acceptors (Lipinski definition) is 3. The van der Waals surface area contributed by atoms with Crippen LogP contribution in [0, 0.1) is 13.8 Å². The number of hydrogen-bond donors (Lipinski definition) is 0. The first-order valence-corrected chi connectivity index (χ1v) is 16.2. The van der Waals surface area contributed by atoms with Gasteiger partial charge in [0.1, 0.15) is 0 Å². The minimum absolute atomic E-state index is 0.108. The summed E-state index contributed by atoms with van der Waals surface area (Å²) < 4.78 is 0. The Morgan fingerprint density at radius 1 is 0.432 bits per heavy atom. The van der Waals surface area contributed by atoms with Crippen molar-refractivity contribution in [3.05, 3.63) is 149 Å². The van der Waals surface area contributed by atoms with E-state index in [1.165, 1.54) is 39.2 Å². The SMILES string of the molecule is CCN(CC)c1ccc(C)c(C(c2ccc(N(c3ccccc3)c3ccccc3)cc2)c2cc(N(CC)CC)ccc2C)c1. The molecule has 5 rings (SSSR count). The van der Waals surface area contributed by atoms with Crippen molar-refractivity contribution < 1.29 is 0 Å². The third-order valence-corrected chi connectivity index (χ3v) is 8.92. The van der Waals surface area contributed by atoms with E-state index >= 15 is 0 Å². The van der Waals surface area contributed by atoms with Gasteiger partial charge in [0.2, 0.25) is 0 Å². The number of benzene rings is 5. The van der Waals surface area contributed by atoms with Crippen LogP contribution in [-0.4, -0.2) is 26.2 Å². The van der Waals surface area contributed by atoms with Crippen LogP contribution in [-0.2, 0) is 0 Å². The fourth-order valence-corrected chi connectivity index (χ4v) is 6.39. The molecule has 0 aromatic heterocycles. The molecule has 3 heteroatoms. The molecule has 0 spiro atoms. The standard InChI is InChI=1S/C41H47N3/c1-7-42(8-2)37-25-21-31(5)39(29-37)41(40-30-38(26-22-32(40)6)43(9-3)10-4)33-23-27-36(28-24-33)44(34-17-13-11-14-18-34)35-19-15-12-16-20-35/h11-30,41H,7-10H2,1-6H3. The lowest BCUT2D eigenvalue weighted by Crippen LogP contribution is -2.23. The lowest BCUT2D eigenvalue weighted by atomic mass is 9.80. The van der Waals surface area contributed by atoms with E-state index in [0.29, 0.717) is 0 Å². The second-order valence-corrected chi connectivity index (χ2v) is 11.5.